The molecule has 1 aliphatic rings. The first-order valence-corrected chi connectivity index (χ1v) is 6.91. The van der Waals surface area contributed by atoms with Crippen molar-refractivity contribution in [2.24, 2.45) is 0 Å². The Morgan fingerprint density at radius 1 is 1.25 bits per heavy atom. The van der Waals surface area contributed by atoms with Gasteiger partial charge < -0.3 is 5.73 Å². The molecule has 0 bridgehead atoms. The molecule has 0 spiro atoms. The average molecular weight is 308 g/mol. The zero-order valence-electron chi connectivity index (χ0n) is 10.5. The number of benzene rings is 1. The van der Waals surface area contributed by atoms with Gasteiger partial charge >= 0.3 is 6.18 Å². The van der Waals surface area contributed by atoms with E-state index in [1.54, 1.807) is 0 Å². The third kappa shape index (κ3) is 1.76. The highest BCUT2D eigenvalue weighted by atomic mass is 32.2. The highest BCUT2D eigenvalue weighted by Crippen LogP contribution is 2.42. The summed E-state index contributed by atoms with van der Waals surface area (Å²) in [6.07, 6.45) is -4.59. The maximum atomic E-state index is 12.5. The van der Waals surface area contributed by atoms with Crippen LogP contribution in [-0.4, -0.2) is 19.1 Å². The van der Waals surface area contributed by atoms with Crippen molar-refractivity contribution in [2.45, 2.75) is 24.8 Å². The lowest BCUT2D eigenvalue weighted by molar-refractivity contribution is -0.137. The summed E-state index contributed by atoms with van der Waals surface area (Å²) in [5, 5.41) is 0. The molecule has 9 heteroatoms. The quantitative estimate of drug-likeness (QED) is 0.801. The fraction of sp³-hybridized carbons (Fsp3) is 0.364. The number of nitrogens with zero attached hydrogens (tertiary/aromatic N) is 1. The molecule has 2 N–H and O–H groups in total. The molecule has 20 heavy (non-hydrogen) atoms. The van der Waals surface area contributed by atoms with E-state index in [1.807, 2.05) is 0 Å². The molecule has 0 saturated carbocycles. The van der Waals surface area contributed by atoms with Crippen LogP contribution in [0.4, 0.5) is 24.5 Å². The molecule has 1 aromatic rings. The van der Waals surface area contributed by atoms with E-state index in [0.717, 1.165) is 6.07 Å². The molecule has 0 atom stereocenters. The van der Waals surface area contributed by atoms with Gasteiger partial charge in [-0.05, 0) is 32.0 Å². The van der Waals surface area contributed by atoms with Gasteiger partial charge in [0.05, 0.1) is 16.9 Å². The Morgan fingerprint density at radius 2 is 1.80 bits per heavy atom. The molecule has 1 fully saturated rings. The van der Waals surface area contributed by atoms with Gasteiger partial charge in [0.2, 0.25) is 0 Å². The summed E-state index contributed by atoms with van der Waals surface area (Å²) in [5.41, 5.74) is 3.75. The number of alkyl halides is 3. The van der Waals surface area contributed by atoms with E-state index in [2.05, 4.69) is 0 Å². The molecular weight excluding hydrogens is 297 g/mol. The number of rotatable bonds is 1. The first kappa shape index (κ1) is 14.6. The molecule has 1 heterocycles. The molecule has 5 nitrogen and oxygen atoms in total. The maximum absolute atomic E-state index is 12.5. The summed E-state index contributed by atoms with van der Waals surface area (Å²) in [4.78, 5) is 11.8. The fourth-order valence-corrected chi connectivity index (χ4v) is 3.32. The first-order valence-electron chi connectivity index (χ1n) is 5.47. The lowest BCUT2D eigenvalue weighted by Gasteiger charge is -2.43. The number of nitrogen functional groups attached to an aromatic ring is 1. The van der Waals surface area contributed by atoms with Gasteiger partial charge in [-0.3, -0.25) is 4.79 Å². The number of hydrogen-bond donors (Lipinski definition) is 1. The van der Waals surface area contributed by atoms with Crippen LogP contribution in [0.5, 0.6) is 0 Å². The van der Waals surface area contributed by atoms with E-state index in [9.17, 15) is 26.4 Å². The van der Waals surface area contributed by atoms with Gasteiger partial charge in [-0.2, -0.15) is 13.2 Å². The predicted molar refractivity (Wildman–Crippen MR) is 66.3 cm³/mol. The Labute approximate surface area is 113 Å². The Balaban J connectivity index is 2.50. The molecule has 1 aromatic carbocycles. The molecule has 1 saturated heterocycles. The summed E-state index contributed by atoms with van der Waals surface area (Å²) in [6, 6.07) is 2.16. The lowest BCUT2D eigenvalue weighted by atomic mass is 10.1. The summed E-state index contributed by atoms with van der Waals surface area (Å²) in [5.74, 6) is -0.732. The van der Waals surface area contributed by atoms with Crippen molar-refractivity contribution in [3.8, 4) is 0 Å². The Bertz CT molecular complexity index is 695. The van der Waals surface area contributed by atoms with Crippen molar-refractivity contribution >= 4 is 27.3 Å². The number of nitrogens with two attached hydrogens (primary N) is 1. The van der Waals surface area contributed by atoms with E-state index >= 15 is 0 Å². The van der Waals surface area contributed by atoms with Gasteiger partial charge in [0.1, 0.15) is 0 Å². The van der Waals surface area contributed by atoms with E-state index in [0.29, 0.717) is 16.4 Å². The fourth-order valence-electron chi connectivity index (χ4n) is 1.81. The summed E-state index contributed by atoms with van der Waals surface area (Å²) in [6.45, 7) is 2.45. The Kier molecular flexibility index (Phi) is 2.83. The van der Waals surface area contributed by atoms with Crippen LogP contribution in [0.2, 0.25) is 0 Å². The molecule has 110 valence electrons. The molecule has 1 amide bonds. The SMILES string of the molecule is CC1(C)C(=O)N(c2ccc(C(F)(F)F)cc2N)S1(=O)=O. The van der Waals surface area contributed by atoms with E-state index in [-0.39, 0.29) is 5.69 Å². The van der Waals surface area contributed by atoms with Crippen LogP contribution in [0.15, 0.2) is 18.2 Å². The average Bonchev–Trinajstić information content (AvgIpc) is 2.29. The van der Waals surface area contributed by atoms with Crippen LogP contribution in [-0.2, 0) is 21.0 Å². The minimum atomic E-state index is -4.59. The zero-order valence-corrected chi connectivity index (χ0v) is 11.3. The third-order valence-electron chi connectivity index (χ3n) is 3.16. The van der Waals surface area contributed by atoms with Gasteiger partial charge in [0.15, 0.2) is 4.75 Å². The Hall–Kier alpha value is -1.77. The smallest absolute Gasteiger partial charge is 0.397 e. The number of hydrogen-bond acceptors (Lipinski definition) is 4. The topological polar surface area (TPSA) is 80.5 Å². The van der Waals surface area contributed by atoms with Crippen molar-refractivity contribution < 1.29 is 26.4 Å². The first-order chi connectivity index (χ1) is 8.90. The molecular formula is C11H11F3N2O3S. The molecule has 0 radical (unpaired) electrons. The van der Waals surface area contributed by atoms with Crippen molar-refractivity contribution in [3.63, 3.8) is 0 Å². The third-order valence-corrected chi connectivity index (χ3v) is 5.47. The van der Waals surface area contributed by atoms with Gasteiger partial charge in [-0.25, -0.2) is 12.7 Å². The summed E-state index contributed by atoms with van der Waals surface area (Å²) < 4.78 is 60.2. The standard InChI is InChI=1S/C11H11F3N2O3S/c1-10(2)9(17)16(20(10,18)19)8-4-3-6(5-7(8)15)11(12,13)14/h3-5H,15H2,1-2H3. The second kappa shape index (κ2) is 3.87. The highest BCUT2D eigenvalue weighted by molar-refractivity contribution is 7.98. The number of carbonyl (C=O) groups is 1. The maximum Gasteiger partial charge on any atom is 0.416 e. The van der Waals surface area contributed by atoms with Gasteiger partial charge in [-0.15, -0.1) is 0 Å². The highest BCUT2D eigenvalue weighted by Gasteiger charge is 2.61. The number of sulfonamides is 1. The van der Waals surface area contributed by atoms with Gasteiger partial charge in [0, 0.05) is 0 Å². The van der Waals surface area contributed by atoms with E-state index in [1.165, 1.54) is 13.8 Å². The number of carbonyl (C=O) groups excluding carboxylic acids is 1. The molecule has 2 rings (SSSR count). The van der Waals surface area contributed by atoms with Crippen LogP contribution in [0.25, 0.3) is 0 Å². The van der Waals surface area contributed by atoms with Crippen molar-refractivity contribution in [1.82, 2.24) is 0 Å². The number of halogens is 3. The summed E-state index contributed by atoms with van der Waals surface area (Å²) >= 11 is 0. The van der Waals surface area contributed by atoms with Gasteiger partial charge in [0.25, 0.3) is 15.9 Å². The lowest BCUT2D eigenvalue weighted by Crippen LogP contribution is -2.67. The van der Waals surface area contributed by atoms with Crippen molar-refractivity contribution in [1.29, 1.82) is 0 Å². The second-order valence-electron chi connectivity index (χ2n) is 4.86. The normalized spacial score (nSPS) is 20.6. The van der Waals surface area contributed by atoms with Crippen molar-refractivity contribution in [2.75, 3.05) is 10.0 Å². The van der Waals surface area contributed by atoms with Gasteiger partial charge in [-0.1, -0.05) is 0 Å². The monoisotopic (exact) mass is 308 g/mol. The minimum Gasteiger partial charge on any atom is -0.397 e. The molecule has 0 aromatic heterocycles. The van der Waals surface area contributed by atoms with E-state index in [4.69, 9.17) is 5.73 Å². The molecule has 0 aliphatic carbocycles. The number of anilines is 2. The predicted octanol–water partition coefficient (Wildman–Crippen LogP) is 1.74. The van der Waals surface area contributed by atoms with Crippen LogP contribution in [0.3, 0.4) is 0 Å². The van der Waals surface area contributed by atoms with Crippen molar-refractivity contribution in [3.05, 3.63) is 23.8 Å². The van der Waals surface area contributed by atoms with Crippen LogP contribution in [0.1, 0.15) is 19.4 Å². The minimum absolute atomic E-state index is 0.262. The van der Waals surface area contributed by atoms with Crippen LogP contribution in [0, 0.1) is 0 Å². The zero-order chi connectivity index (χ0) is 15.5. The number of amides is 1. The molecule has 1 aliphatic heterocycles. The largest absolute Gasteiger partial charge is 0.416 e. The van der Waals surface area contributed by atoms with Crippen LogP contribution < -0.4 is 10.0 Å². The van der Waals surface area contributed by atoms with Crippen LogP contribution >= 0.6 is 0 Å². The summed E-state index contributed by atoms with van der Waals surface area (Å²) in [7, 11) is -3.95. The Morgan fingerprint density at radius 3 is 2.20 bits per heavy atom. The second-order valence-corrected chi connectivity index (χ2v) is 7.19. The molecule has 0 unspecified atom stereocenters. The van der Waals surface area contributed by atoms with E-state index < -0.39 is 38.1 Å².